The molecule has 0 heterocycles. The van der Waals surface area contributed by atoms with Crippen molar-refractivity contribution in [1.29, 1.82) is 0 Å². The Kier molecular flexibility index (Phi) is 4.03. The van der Waals surface area contributed by atoms with Gasteiger partial charge in [0, 0.05) is 12.1 Å². The molecule has 1 rings (SSSR count). The summed E-state index contributed by atoms with van der Waals surface area (Å²) in [6.07, 6.45) is 1.63. The maximum absolute atomic E-state index is 11.4. The summed E-state index contributed by atoms with van der Waals surface area (Å²) in [5.74, 6) is -0.255. The molecule has 0 aromatic heterocycles. The molecule has 0 radical (unpaired) electrons. The lowest BCUT2D eigenvalue weighted by molar-refractivity contribution is -0.115. The Morgan fingerprint density at radius 1 is 1.53 bits per heavy atom. The molecule has 92 valence electrons. The highest BCUT2D eigenvalue weighted by Crippen LogP contribution is 2.22. The van der Waals surface area contributed by atoms with Gasteiger partial charge in [-0.15, -0.1) is 6.58 Å². The van der Waals surface area contributed by atoms with Gasteiger partial charge in [0.25, 0.3) is 0 Å². The summed E-state index contributed by atoms with van der Waals surface area (Å²) in [5, 5.41) is 7.65. The lowest BCUT2D eigenvalue weighted by Gasteiger charge is -2.10. The van der Waals surface area contributed by atoms with E-state index in [2.05, 4.69) is 11.9 Å². The van der Waals surface area contributed by atoms with E-state index in [9.17, 15) is 13.2 Å². The highest BCUT2D eigenvalue weighted by atomic mass is 32.2. The van der Waals surface area contributed by atoms with Crippen LogP contribution in [-0.2, 0) is 14.8 Å². The number of benzene rings is 1. The second kappa shape index (κ2) is 5.11. The van der Waals surface area contributed by atoms with Crippen molar-refractivity contribution >= 4 is 21.6 Å². The number of nitrogens with two attached hydrogens (primary N) is 1. The van der Waals surface area contributed by atoms with Crippen molar-refractivity contribution in [2.75, 3.05) is 5.32 Å². The first-order chi connectivity index (χ1) is 7.86. The van der Waals surface area contributed by atoms with Crippen molar-refractivity contribution < 1.29 is 13.2 Å². The van der Waals surface area contributed by atoms with Crippen LogP contribution in [0.5, 0.6) is 0 Å². The van der Waals surface area contributed by atoms with E-state index in [-0.39, 0.29) is 17.2 Å². The molecule has 0 aliphatic carbocycles. The van der Waals surface area contributed by atoms with Gasteiger partial charge in [-0.3, -0.25) is 4.79 Å². The van der Waals surface area contributed by atoms with Gasteiger partial charge >= 0.3 is 0 Å². The van der Waals surface area contributed by atoms with E-state index in [1.165, 1.54) is 18.2 Å². The first-order valence-corrected chi connectivity index (χ1v) is 6.44. The molecule has 1 amide bonds. The van der Waals surface area contributed by atoms with Crippen molar-refractivity contribution in [3.8, 4) is 0 Å². The Hall–Kier alpha value is -1.66. The van der Waals surface area contributed by atoms with Crippen LogP contribution in [0.4, 0.5) is 5.69 Å². The average Bonchev–Trinajstić information content (AvgIpc) is 2.19. The second-order valence-electron chi connectivity index (χ2n) is 3.51. The van der Waals surface area contributed by atoms with Gasteiger partial charge in [-0.05, 0) is 24.6 Å². The van der Waals surface area contributed by atoms with E-state index >= 15 is 0 Å². The zero-order chi connectivity index (χ0) is 13.1. The van der Waals surface area contributed by atoms with Gasteiger partial charge in [-0.1, -0.05) is 12.1 Å². The summed E-state index contributed by atoms with van der Waals surface area (Å²) in [4.78, 5) is 11.4. The first kappa shape index (κ1) is 13.4. The van der Waals surface area contributed by atoms with Crippen molar-refractivity contribution in [3.63, 3.8) is 0 Å². The van der Waals surface area contributed by atoms with E-state index in [0.717, 1.165) is 0 Å². The molecule has 5 nitrogen and oxygen atoms in total. The monoisotopic (exact) mass is 254 g/mol. The minimum absolute atomic E-state index is 0.00824. The fourth-order valence-corrected chi connectivity index (χ4v) is 2.20. The van der Waals surface area contributed by atoms with Gasteiger partial charge in [-0.25, -0.2) is 13.6 Å². The van der Waals surface area contributed by atoms with Crippen LogP contribution in [-0.4, -0.2) is 14.3 Å². The molecule has 0 bridgehead atoms. The standard InChI is InChI=1S/C11H14N2O3S/c1-3-5-11(14)13-9-6-4-7-10(8(9)2)17(12,15)16/h3-4,6-7H,1,5H2,2H3,(H,13,14)(H2,12,15,16). The first-order valence-electron chi connectivity index (χ1n) is 4.89. The fraction of sp³-hybridized carbons (Fsp3) is 0.182. The predicted molar refractivity (Wildman–Crippen MR) is 66.0 cm³/mol. The quantitative estimate of drug-likeness (QED) is 0.790. The summed E-state index contributed by atoms with van der Waals surface area (Å²) in [6.45, 7) is 5.03. The Morgan fingerprint density at radius 2 is 2.18 bits per heavy atom. The molecule has 0 aliphatic heterocycles. The van der Waals surface area contributed by atoms with Crippen LogP contribution < -0.4 is 10.5 Å². The Bertz CT molecular complexity index is 550. The van der Waals surface area contributed by atoms with Gasteiger partial charge in [-0.2, -0.15) is 0 Å². The van der Waals surface area contributed by atoms with Crippen LogP contribution in [0.2, 0.25) is 0 Å². The number of hydrogen-bond donors (Lipinski definition) is 2. The number of nitrogens with one attached hydrogen (secondary N) is 1. The molecule has 0 saturated heterocycles. The number of hydrogen-bond acceptors (Lipinski definition) is 3. The van der Waals surface area contributed by atoms with Gasteiger partial charge in [0.2, 0.25) is 15.9 Å². The minimum Gasteiger partial charge on any atom is -0.326 e. The minimum atomic E-state index is -3.78. The van der Waals surface area contributed by atoms with E-state index < -0.39 is 10.0 Å². The molecule has 6 heteroatoms. The van der Waals surface area contributed by atoms with Crippen LogP contribution in [0.1, 0.15) is 12.0 Å². The fourth-order valence-electron chi connectivity index (χ4n) is 1.39. The summed E-state index contributed by atoms with van der Waals surface area (Å²) in [7, 11) is -3.78. The maximum Gasteiger partial charge on any atom is 0.238 e. The van der Waals surface area contributed by atoms with Gasteiger partial charge in [0.1, 0.15) is 0 Å². The summed E-state index contributed by atoms with van der Waals surface area (Å²) >= 11 is 0. The second-order valence-corrected chi connectivity index (χ2v) is 5.04. The number of sulfonamides is 1. The van der Waals surface area contributed by atoms with Crippen LogP contribution >= 0.6 is 0 Å². The lowest BCUT2D eigenvalue weighted by atomic mass is 10.2. The Morgan fingerprint density at radius 3 is 2.71 bits per heavy atom. The number of anilines is 1. The topological polar surface area (TPSA) is 89.3 Å². The van der Waals surface area contributed by atoms with E-state index in [1.54, 1.807) is 13.0 Å². The number of carbonyl (C=O) groups excluding carboxylic acids is 1. The highest BCUT2D eigenvalue weighted by molar-refractivity contribution is 7.89. The molecule has 17 heavy (non-hydrogen) atoms. The third-order valence-electron chi connectivity index (χ3n) is 2.19. The Labute approximate surface area is 100 Å². The van der Waals surface area contributed by atoms with Gasteiger partial charge in [0.05, 0.1) is 4.90 Å². The molecule has 1 aromatic rings. The van der Waals surface area contributed by atoms with Crippen molar-refractivity contribution in [3.05, 3.63) is 36.4 Å². The third-order valence-corrected chi connectivity index (χ3v) is 3.25. The smallest absolute Gasteiger partial charge is 0.238 e. The van der Waals surface area contributed by atoms with Gasteiger partial charge in [0.15, 0.2) is 0 Å². The van der Waals surface area contributed by atoms with Gasteiger partial charge < -0.3 is 5.32 Å². The van der Waals surface area contributed by atoms with Crippen LogP contribution in [0.15, 0.2) is 35.7 Å². The molecule has 1 aromatic carbocycles. The molecule has 0 unspecified atom stereocenters. The highest BCUT2D eigenvalue weighted by Gasteiger charge is 2.14. The summed E-state index contributed by atoms with van der Waals surface area (Å²) < 4.78 is 22.5. The molecule has 0 fully saturated rings. The largest absolute Gasteiger partial charge is 0.326 e. The molecule has 0 spiro atoms. The van der Waals surface area contributed by atoms with Crippen LogP contribution in [0.3, 0.4) is 0 Å². The zero-order valence-electron chi connectivity index (χ0n) is 9.43. The van der Waals surface area contributed by atoms with Crippen molar-refractivity contribution in [2.45, 2.75) is 18.2 Å². The molecule has 0 saturated carbocycles. The van der Waals surface area contributed by atoms with E-state index in [4.69, 9.17) is 5.14 Å². The molecule has 0 atom stereocenters. The average molecular weight is 254 g/mol. The van der Waals surface area contributed by atoms with Crippen LogP contribution in [0.25, 0.3) is 0 Å². The number of carbonyl (C=O) groups is 1. The van der Waals surface area contributed by atoms with Crippen molar-refractivity contribution in [1.82, 2.24) is 0 Å². The molecular formula is C11H14N2O3S. The maximum atomic E-state index is 11.4. The molecule has 3 N–H and O–H groups in total. The third kappa shape index (κ3) is 3.40. The normalized spacial score (nSPS) is 10.9. The van der Waals surface area contributed by atoms with Crippen LogP contribution in [0, 0.1) is 6.92 Å². The molecular weight excluding hydrogens is 240 g/mol. The van der Waals surface area contributed by atoms with E-state index in [1.807, 2.05) is 0 Å². The molecule has 0 aliphatic rings. The lowest BCUT2D eigenvalue weighted by Crippen LogP contribution is -2.16. The Balaban J connectivity index is 3.11. The number of primary sulfonamides is 1. The summed E-state index contributed by atoms with van der Waals surface area (Å²) in [6, 6.07) is 4.54. The zero-order valence-corrected chi connectivity index (χ0v) is 10.3. The number of rotatable bonds is 4. The predicted octanol–water partition coefficient (Wildman–Crippen LogP) is 1.16. The SMILES string of the molecule is C=CCC(=O)Nc1cccc(S(N)(=O)=O)c1C. The number of amides is 1. The van der Waals surface area contributed by atoms with Crippen molar-refractivity contribution in [2.24, 2.45) is 5.14 Å². The van der Waals surface area contributed by atoms with E-state index in [0.29, 0.717) is 11.3 Å². The summed E-state index contributed by atoms with van der Waals surface area (Å²) in [5.41, 5.74) is 0.857.